The van der Waals surface area contributed by atoms with Gasteiger partial charge >= 0.3 is 0 Å². The monoisotopic (exact) mass is 343 g/mol. The number of carbonyl (C=O) groups excluding carboxylic acids is 1. The van der Waals surface area contributed by atoms with Crippen molar-refractivity contribution in [1.29, 1.82) is 0 Å². The molecule has 0 bridgehead atoms. The number of benzene rings is 1. The third-order valence-corrected chi connectivity index (χ3v) is 5.46. The van der Waals surface area contributed by atoms with Crippen molar-refractivity contribution in [3.63, 3.8) is 0 Å². The average Bonchev–Trinajstić information content (AvgIpc) is 2.84. The van der Waals surface area contributed by atoms with Gasteiger partial charge in [0.1, 0.15) is 0 Å². The zero-order valence-electron chi connectivity index (χ0n) is 12.5. The van der Waals surface area contributed by atoms with Crippen LogP contribution in [-0.4, -0.2) is 5.91 Å². The molecule has 1 aromatic rings. The van der Waals surface area contributed by atoms with Gasteiger partial charge < -0.3 is 5.32 Å². The minimum atomic E-state index is -0.00637. The molecule has 1 N–H and O–H groups in total. The molecule has 2 aliphatic rings. The van der Waals surface area contributed by atoms with E-state index in [1.807, 2.05) is 19.1 Å². The summed E-state index contributed by atoms with van der Waals surface area (Å²) in [6.45, 7) is 10.3. The Morgan fingerprint density at radius 1 is 1.38 bits per heavy atom. The van der Waals surface area contributed by atoms with Gasteiger partial charge in [0, 0.05) is 21.1 Å². The molecule has 0 saturated heterocycles. The van der Waals surface area contributed by atoms with Gasteiger partial charge in [-0.15, -0.1) is 0 Å². The molecule has 1 amide bonds. The molecule has 0 aromatic heterocycles. The van der Waals surface area contributed by atoms with Crippen LogP contribution in [0.3, 0.4) is 0 Å². The van der Waals surface area contributed by atoms with Gasteiger partial charge in [-0.05, 0) is 42.7 Å². The number of carbonyl (C=O) groups is 1. The van der Waals surface area contributed by atoms with Crippen molar-refractivity contribution in [3.05, 3.63) is 52.0 Å². The first-order chi connectivity index (χ1) is 9.79. The average molecular weight is 344 g/mol. The Balaban J connectivity index is 2.18. The summed E-state index contributed by atoms with van der Waals surface area (Å²) in [7, 11) is 0. The van der Waals surface area contributed by atoms with Crippen molar-refractivity contribution in [2.75, 3.05) is 5.32 Å². The van der Waals surface area contributed by atoms with E-state index in [0.717, 1.165) is 44.4 Å². The van der Waals surface area contributed by atoms with Crippen LogP contribution < -0.4 is 5.32 Å². The molecular weight excluding hydrogens is 326 g/mol. The van der Waals surface area contributed by atoms with Crippen LogP contribution in [0.1, 0.15) is 38.3 Å². The Labute approximate surface area is 133 Å². The number of nitrogens with one attached hydrogen (secondary N) is 1. The van der Waals surface area contributed by atoms with Crippen LogP contribution in [0.25, 0.3) is 11.1 Å². The smallest absolute Gasteiger partial charge is 0.256 e. The minimum absolute atomic E-state index is 0.00637. The van der Waals surface area contributed by atoms with Crippen LogP contribution in [0.5, 0.6) is 0 Å². The first-order valence-electron chi connectivity index (χ1n) is 7.02. The Morgan fingerprint density at radius 3 is 2.67 bits per heavy atom. The van der Waals surface area contributed by atoms with Crippen molar-refractivity contribution in [3.8, 4) is 0 Å². The Morgan fingerprint density at radius 2 is 2.10 bits per heavy atom. The van der Waals surface area contributed by atoms with E-state index in [2.05, 4.69) is 53.8 Å². The molecule has 0 spiro atoms. The lowest BCUT2D eigenvalue weighted by atomic mass is 9.89. The van der Waals surface area contributed by atoms with E-state index < -0.39 is 0 Å². The van der Waals surface area contributed by atoms with Crippen molar-refractivity contribution < 1.29 is 4.79 Å². The van der Waals surface area contributed by atoms with Crippen LogP contribution in [-0.2, 0) is 4.79 Å². The molecule has 1 aliphatic carbocycles. The van der Waals surface area contributed by atoms with Gasteiger partial charge in [0.25, 0.3) is 5.91 Å². The van der Waals surface area contributed by atoms with Crippen LogP contribution in [0.15, 0.2) is 40.9 Å². The molecule has 3 heteroatoms. The zero-order valence-corrected chi connectivity index (χ0v) is 14.1. The molecule has 1 aromatic carbocycles. The fourth-order valence-corrected chi connectivity index (χ4v) is 3.29. The van der Waals surface area contributed by atoms with Crippen molar-refractivity contribution >= 4 is 38.7 Å². The predicted octanol–water partition coefficient (Wildman–Crippen LogP) is 5.13. The molecule has 0 atom stereocenters. The summed E-state index contributed by atoms with van der Waals surface area (Å²) >= 11 is 3.63. The van der Waals surface area contributed by atoms with Crippen LogP contribution in [0, 0.1) is 5.41 Å². The van der Waals surface area contributed by atoms with E-state index in [1.165, 1.54) is 0 Å². The SMILES string of the molecule is C=C(C)c1ccc2c(c1)/C(=C1/C=C(Br)C(C)(C)C1)C(=O)N2. The topological polar surface area (TPSA) is 29.1 Å². The van der Waals surface area contributed by atoms with Gasteiger partial charge in [-0.3, -0.25) is 4.79 Å². The Kier molecular flexibility index (Phi) is 3.21. The summed E-state index contributed by atoms with van der Waals surface area (Å²) in [4.78, 5) is 12.4. The molecule has 1 heterocycles. The molecule has 0 radical (unpaired) electrons. The quantitative estimate of drug-likeness (QED) is 0.703. The van der Waals surface area contributed by atoms with Gasteiger partial charge in [-0.25, -0.2) is 0 Å². The predicted molar refractivity (Wildman–Crippen MR) is 92.1 cm³/mol. The molecule has 3 rings (SSSR count). The lowest BCUT2D eigenvalue weighted by molar-refractivity contribution is -0.110. The van der Waals surface area contributed by atoms with Crippen LogP contribution in [0.4, 0.5) is 5.69 Å². The van der Waals surface area contributed by atoms with Gasteiger partial charge in [-0.1, -0.05) is 48.0 Å². The van der Waals surface area contributed by atoms with Gasteiger partial charge in [-0.2, -0.15) is 0 Å². The lowest BCUT2D eigenvalue weighted by Gasteiger charge is -2.17. The number of fused-ring (bicyclic) bond motifs is 1. The van der Waals surface area contributed by atoms with Crippen molar-refractivity contribution in [1.82, 2.24) is 0 Å². The molecule has 0 saturated carbocycles. The Bertz CT molecular complexity index is 738. The normalized spacial score (nSPS) is 22.9. The highest BCUT2D eigenvalue weighted by Gasteiger charge is 2.34. The number of allylic oxidation sites excluding steroid dienone is 4. The first-order valence-corrected chi connectivity index (χ1v) is 7.81. The summed E-state index contributed by atoms with van der Waals surface area (Å²) in [6.07, 6.45) is 2.96. The van der Waals surface area contributed by atoms with E-state index >= 15 is 0 Å². The summed E-state index contributed by atoms with van der Waals surface area (Å²) in [5, 5.41) is 2.96. The van der Waals surface area contributed by atoms with Gasteiger partial charge in [0.15, 0.2) is 0 Å². The van der Waals surface area contributed by atoms with E-state index in [1.54, 1.807) is 0 Å². The third-order valence-electron chi connectivity index (χ3n) is 4.16. The standard InChI is InChI=1S/C18H18BrNO/c1-10(2)11-5-6-14-13(7-11)16(17(21)20-14)12-8-15(19)18(3,4)9-12/h5-8H,1,9H2,2-4H3,(H,20,21)/b16-12+. The fourth-order valence-electron chi connectivity index (χ4n) is 2.87. The summed E-state index contributed by atoms with van der Waals surface area (Å²) < 4.78 is 1.15. The number of hydrogen-bond acceptors (Lipinski definition) is 1. The number of anilines is 1. The van der Waals surface area contributed by atoms with Crippen molar-refractivity contribution in [2.45, 2.75) is 27.2 Å². The molecule has 1 aliphatic heterocycles. The summed E-state index contributed by atoms with van der Waals surface area (Å²) in [5.74, 6) is -0.00637. The maximum Gasteiger partial charge on any atom is 0.256 e. The second-order valence-corrected chi connectivity index (χ2v) is 7.30. The fraction of sp³-hybridized carbons (Fsp3) is 0.278. The maximum absolute atomic E-state index is 12.4. The highest BCUT2D eigenvalue weighted by Crippen LogP contribution is 2.48. The van der Waals surface area contributed by atoms with Crippen LogP contribution >= 0.6 is 15.9 Å². The molecule has 2 nitrogen and oxygen atoms in total. The Hall–Kier alpha value is -1.61. The lowest BCUT2D eigenvalue weighted by Crippen LogP contribution is -2.08. The number of hydrogen-bond donors (Lipinski definition) is 1. The summed E-state index contributed by atoms with van der Waals surface area (Å²) in [5.41, 5.74) is 5.91. The number of rotatable bonds is 1. The highest BCUT2D eigenvalue weighted by atomic mass is 79.9. The number of amides is 1. The third kappa shape index (κ3) is 2.30. The molecule has 0 unspecified atom stereocenters. The van der Waals surface area contributed by atoms with Crippen molar-refractivity contribution in [2.24, 2.45) is 5.41 Å². The maximum atomic E-state index is 12.4. The van der Waals surface area contributed by atoms with E-state index in [0.29, 0.717) is 0 Å². The zero-order chi connectivity index (χ0) is 15.4. The van der Waals surface area contributed by atoms with E-state index in [4.69, 9.17) is 0 Å². The largest absolute Gasteiger partial charge is 0.321 e. The second-order valence-electron chi connectivity index (χ2n) is 6.45. The molecular formula is C18H18BrNO. The molecule has 108 valence electrons. The second kappa shape index (κ2) is 4.70. The van der Waals surface area contributed by atoms with Gasteiger partial charge in [0.2, 0.25) is 0 Å². The highest BCUT2D eigenvalue weighted by molar-refractivity contribution is 9.11. The summed E-state index contributed by atoms with van der Waals surface area (Å²) in [6, 6.07) is 6.02. The minimum Gasteiger partial charge on any atom is -0.321 e. The van der Waals surface area contributed by atoms with Crippen LogP contribution in [0.2, 0.25) is 0 Å². The number of halogens is 1. The van der Waals surface area contributed by atoms with E-state index in [9.17, 15) is 4.79 Å². The van der Waals surface area contributed by atoms with Gasteiger partial charge in [0.05, 0.1) is 5.57 Å². The molecule has 0 fully saturated rings. The molecule has 21 heavy (non-hydrogen) atoms. The first kappa shape index (κ1) is 14.3. The van der Waals surface area contributed by atoms with E-state index in [-0.39, 0.29) is 11.3 Å².